The molecular formula is C19H11ClFIN2O3. The van der Waals surface area contributed by atoms with Gasteiger partial charge in [-0.15, -0.1) is 0 Å². The molecule has 0 amide bonds. The summed E-state index contributed by atoms with van der Waals surface area (Å²) in [6.45, 7) is -0.664. The molecule has 8 heteroatoms. The fourth-order valence-corrected chi connectivity index (χ4v) is 3.54. The summed E-state index contributed by atoms with van der Waals surface area (Å²) < 4.78 is 25.0. The van der Waals surface area contributed by atoms with Gasteiger partial charge in [0.15, 0.2) is 12.4 Å². The van der Waals surface area contributed by atoms with E-state index in [1.165, 1.54) is 12.1 Å². The fraction of sp³-hybridized carbons (Fsp3) is 0.105. The molecule has 1 aromatic heterocycles. The standard InChI is InChI=1S/C19H11ClFIN2O3/c20-14-7-16(22)19(18-13(14)2-1-5-24-18)27-10-17(25)26-9-12-6-11(8-23)3-4-15(12)21/h1-7H,9-10H2. The summed E-state index contributed by atoms with van der Waals surface area (Å²) >= 11 is 8.25. The summed E-state index contributed by atoms with van der Waals surface area (Å²) in [5, 5.41) is 10.1. The number of carbonyl (C=O) groups excluding carboxylic acids is 1. The number of carbonyl (C=O) groups is 1. The molecule has 1 heterocycles. The van der Waals surface area contributed by atoms with Crippen LogP contribution in [0.5, 0.6) is 5.75 Å². The molecule has 3 rings (SSSR count). The lowest BCUT2D eigenvalue weighted by molar-refractivity contribution is -0.147. The minimum Gasteiger partial charge on any atom is -0.478 e. The lowest BCUT2D eigenvalue weighted by atomic mass is 10.1. The molecule has 0 unspecified atom stereocenters. The van der Waals surface area contributed by atoms with E-state index in [0.29, 0.717) is 25.2 Å². The Labute approximate surface area is 172 Å². The van der Waals surface area contributed by atoms with Crippen LogP contribution in [0.2, 0.25) is 5.02 Å². The predicted octanol–water partition coefficient (Wildman–Crippen LogP) is 4.63. The van der Waals surface area contributed by atoms with Crippen LogP contribution in [-0.4, -0.2) is 17.6 Å². The Morgan fingerprint density at radius 1 is 1.33 bits per heavy atom. The smallest absolute Gasteiger partial charge is 0.344 e. The second-order valence-corrected chi connectivity index (χ2v) is 7.01. The molecule has 0 atom stereocenters. The van der Waals surface area contributed by atoms with E-state index in [9.17, 15) is 9.18 Å². The first kappa shape index (κ1) is 19.3. The van der Waals surface area contributed by atoms with Gasteiger partial charge in [0.05, 0.1) is 20.2 Å². The first-order chi connectivity index (χ1) is 13.0. The Hall–Kier alpha value is -2.44. The van der Waals surface area contributed by atoms with Crippen molar-refractivity contribution in [3.05, 3.63) is 68.1 Å². The van der Waals surface area contributed by atoms with E-state index in [4.69, 9.17) is 26.3 Å². The largest absolute Gasteiger partial charge is 0.478 e. The second-order valence-electron chi connectivity index (χ2n) is 5.44. The number of nitrogens with zero attached hydrogens (tertiary/aromatic N) is 2. The number of hydrogen-bond acceptors (Lipinski definition) is 5. The van der Waals surface area contributed by atoms with Gasteiger partial charge in [-0.3, -0.25) is 4.98 Å². The van der Waals surface area contributed by atoms with Gasteiger partial charge in [-0.25, -0.2) is 9.18 Å². The van der Waals surface area contributed by atoms with Gasteiger partial charge < -0.3 is 9.47 Å². The summed E-state index contributed by atoms with van der Waals surface area (Å²) in [5.41, 5.74) is 0.942. The number of pyridine rings is 1. The van der Waals surface area contributed by atoms with Crippen molar-refractivity contribution in [1.82, 2.24) is 4.98 Å². The molecule has 0 spiro atoms. The summed E-state index contributed by atoms with van der Waals surface area (Å²) in [4.78, 5) is 16.2. The van der Waals surface area contributed by atoms with Gasteiger partial charge in [-0.05, 0) is 59.0 Å². The third-order valence-electron chi connectivity index (χ3n) is 3.65. The fourth-order valence-electron chi connectivity index (χ4n) is 2.37. The summed E-state index contributed by atoms with van der Waals surface area (Å²) in [5.74, 6) is -0.804. The number of aromatic nitrogens is 1. The Morgan fingerprint density at radius 3 is 2.93 bits per heavy atom. The van der Waals surface area contributed by atoms with Crippen LogP contribution in [0, 0.1) is 20.7 Å². The predicted molar refractivity (Wildman–Crippen MR) is 106 cm³/mol. The van der Waals surface area contributed by atoms with Gasteiger partial charge in [-0.1, -0.05) is 11.6 Å². The quantitative estimate of drug-likeness (QED) is 0.381. The number of esters is 1. The maximum absolute atomic E-state index is 13.7. The normalized spacial score (nSPS) is 10.4. The zero-order valence-corrected chi connectivity index (χ0v) is 16.6. The molecule has 0 saturated carbocycles. The Bertz CT molecular complexity index is 1070. The molecule has 0 bridgehead atoms. The molecule has 3 aromatic rings. The first-order valence-corrected chi connectivity index (χ1v) is 9.15. The van der Waals surface area contributed by atoms with Gasteiger partial charge in [0.25, 0.3) is 0 Å². The van der Waals surface area contributed by atoms with Crippen molar-refractivity contribution in [3.8, 4) is 11.8 Å². The average molecular weight is 497 g/mol. The van der Waals surface area contributed by atoms with Gasteiger partial charge in [0.2, 0.25) is 0 Å². The van der Waals surface area contributed by atoms with Gasteiger partial charge in [-0.2, -0.15) is 5.26 Å². The summed E-state index contributed by atoms with van der Waals surface area (Å²) in [6.07, 6.45) is 1.60. The zero-order chi connectivity index (χ0) is 19.4. The third-order valence-corrected chi connectivity index (χ3v) is 4.76. The van der Waals surface area contributed by atoms with Crippen LogP contribution >= 0.6 is 34.2 Å². The van der Waals surface area contributed by atoms with E-state index < -0.39 is 11.8 Å². The van der Waals surface area contributed by atoms with Crippen LogP contribution in [0.15, 0.2) is 42.6 Å². The number of rotatable bonds is 5. The highest BCUT2D eigenvalue weighted by atomic mass is 127. The van der Waals surface area contributed by atoms with Crippen molar-refractivity contribution in [2.24, 2.45) is 0 Å². The van der Waals surface area contributed by atoms with Gasteiger partial charge in [0.1, 0.15) is 17.9 Å². The van der Waals surface area contributed by atoms with Crippen LogP contribution in [0.25, 0.3) is 10.9 Å². The monoisotopic (exact) mass is 496 g/mol. The summed E-state index contributed by atoms with van der Waals surface area (Å²) in [6, 6.07) is 11.0. The number of hydrogen-bond donors (Lipinski definition) is 0. The van der Waals surface area contributed by atoms with E-state index in [1.807, 2.05) is 28.7 Å². The van der Waals surface area contributed by atoms with Crippen molar-refractivity contribution in [3.63, 3.8) is 0 Å². The van der Waals surface area contributed by atoms with Crippen LogP contribution in [0.3, 0.4) is 0 Å². The lowest BCUT2D eigenvalue weighted by Crippen LogP contribution is -2.16. The molecule has 5 nitrogen and oxygen atoms in total. The topological polar surface area (TPSA) is 72.2 Å². The molecule has 136 valence electrons. The van der Waals surface area contributed by atoms with E-state index in [-0.39, 0.29) is 24.3 Å². The molecule has 0 aliphatic carbocycles. The number of nitriles is 1. The van der Waals surface area contributed by atoms with Crippen molar-refractivity contribution in [2.45, 2.75) is 6.61 Å². The van der Waals surface area contributed by atoms with Crippen LogP contribution in [0.4, 0.5) is 4.39 Å². The second kappa shape index (κ2) is 8.50. The highest BCUT2D eigenvalue weighted by Crippen LogP contribution is 2.34. The molecule has 0 fully saturated rings. The highest BCUT2D eigenvalue weighted by Gasteiger charge is 2.15. The van der Waals surface area contributed by atoms with E-state index in [1.54, 1.807) is 24.4 Å². The van der Waals surface area contributed by atoms with Crippen LogP contribution in [0.1, 0.15) is 11.1 Å². The number of benzene rings is 2. The minimum absolute atomic E-state index is 0.121. The minimum atomic E-state index is -0.674. The SMILES string of the molecule is N#Cc1ccc(F)c(COC(=O)COc2c(I)cc(Cl)c3cccnc23)c1. The zero-order valence-electron chi connectivity index (χ0n) is 13.7. The maximum Gasteiger partial charge on any atom is 0.344 e. The van der Waals surface area contributed by atoms with Crippen molar-refractivity contribution < 1.29 is 18.7 Å². The first-order valence-electron chi connectivity index (χ1n) is 7.69. The Morgan fingerprint density at radius 2 is 2.15 bits per heavy atom. The number of ether oxygens (including phenoxy) is 2. The Kier molecular flexibility index (Phi) is 6.08. The molecule has 2 aromatic carbocycles. The number of fused-ring (bicyclic) bond motifs is 1. The van der Waals surface area contributed by atoms with E-state index >= 15 is 0 Å². The Balaban J connectivity index is 1.69. The van der Waals surface area contributed by atoms with E-state index in [0.717, 1.165) is 6.07 Å². The van der Waals surface area contributed by atoms with Gasteiger partial charge >= 0.3 is 5.97 Å². The average Bonchev–Trinajstić information content (AvgIpc) is 2.67. The molecule has 0 saturated heterocycles. The van der Waals surface area contributed by atoms with Crippen LogP contribution in [-0.2, 0) is 16.1 Å². The third kappa shape index (κ3) is 4.46. The molecular weight excluding hydrogens is 486 g/mol. The van der Waals surface area contributed by atoms with Crippen molar-refractivity contribution in [2.75, 3.05) is 6.61 Å². The highest BCUT2D eigenvalue weighted by molar-refractivity contribution is 14.1. The molecule has 0 aliphatic heterocycles. The maximum atomic E-state index is 13.7. The lowest BCUT2D eigenvalue weighted by Gasteiger charge is -2.12. The molecule has 27 heavy (non-hydrogen) atoms. The molecule has 0 aliphatic rings. The summed E-state index contributed by atoms with van der Waals surface area (Å²) in [7, 11) is 0. The van der Waals surface area contributed by atoms with Crippen LogP contribution < -0.4 is 4.74 Å². The van der Waals surface area contributed by atoms with Gasteiger partial charge in [0, 0.05) is 17.1 Å². The number of halogens is 3. The van der Waals surface area contributed by atoms with E-state index in [2.05, 4.69) is 4.98 Å². The molecule has 0 radical (unpaired) electrons. The van der Waals surface area contributed by atoms with Crippen molar-refractivity contribution >= 4 is 51.1 Å². The molecule has 0 N–H and O–H groups in total. The van der Waals surface area contributed by atoms with Crippen molar-refractivity contribution in [1.29, 1.82) is 5.26 Å².